The van der Waals surface area contributed by atoms with Crippen LogP contribution in [-0.2, 0) is 4.74 Å². The number of fused-ring (bicyclic) bond motifs is 1. The van der Waals surface area contributed by atoms with Crippen LogP contribution in [0, 0.1) is 5.82 Å². The lowest BCUT2D eigenvalue weighted by Gasteiger charge is -2.33. The third kappa shape index (κ3) is 3.54. The van der Waals surface area contributed by atoms with Crippen LogP contribution in [0.15, 0.2) is 16.9 Å². The van der Waals surface area contributed by atoms with Crippen molar-refractivity contribution in [2.75, 3.05) is 20.2 Å². The van der Waals surface area contributed by atoms with Crippen molar-refractivity contribution >= 4 is 17.1 Å². The largest absolute Gasteiger partial charge is 0.497 e. The second-order valence-electron chi connectivity index (χ2n) is 7.50. The van der Waals surface area contributed by atoms with Crippen molar-refractivity contribution in [3.63, 3.8) is 0 Å². The van der Waals surface area contributed by atoms with Crippen LogP contribution in [0.2, 0.25) is 0 Å². The molecule has 1 aliphatic rings. The summed E-state index contributed by atoms with van der Waals surface area (Å²) >= 11 is 0. The molecule has 2 aromatic rings. The van der Waals surface area contributed by atoms with Crippen LogP contribution in [0.4, 0.5) is 9.18 Å². The fraction of sp³-hybridized carbons (Fsp3) is 0.556. The molecule has 1 aliphatic heterocycles. The molecule has 1 aromatic carbocycles. The number of likely N-dealkylation sites (tertiary alicyclic amines) is 1. The Labute approximate surface area is 150 Å². The van der Waals surface area contributed by atoms with Gasteiger partial charge in [-0.2, -0.15) is 0 Å². The number of H-pyrrole nitrogens is 1. The molecule has 1 saturated heterocycles. The molecule has 0 spiro atoms. The van der Waals surface area contributed by atoms with E-state index in [0.717, 1.165) is 0 Å². The van der Waals surface area contributed by atoms with Gasteiger partial charge in [-0.3, -0.25) is 4.57 Å². The molecule has 0 atom stereocenters. The summed E-state index contributed by atoms with van der Waals surface area (Å²) in [4.78, 5) is 28.8. The van der Waals surface area contributed by atoms with Crippen LogP contribution in [-0.4, -0.2) is 46.3 Å². The van der Waals surface area contributed by atoms with E-state index in [0.29, 0.717) is 37.2 Å². The lowest BCUT2D eigenvalue weighted by Crippen LogP contribution is -2.43. The van der Waals surface area contributed by atoms with Crippen molar-refractivity contribution in [1.29, 1.82) is 0 Å². The number of carbonyl (C=O) groups is 1. The number of hydrogen-bond acceptors (Lipinski definition) is 4. The summed E-state index contributed by atoms with van der Waals surface area (Å²) < 4.78 is 26.2. The number of hydrogen-bond donors (Lipinski definition) is 1. The van der Waals surface area contributed by atoms with E-state index in [1.54, 1.807) is 15.5 Å². The summed E-state index contributed by atoms with van der Waals surface area (Å²) in [5, 5.41) is 0. The SMILES string of the molecule is COc1cc(F)c2[nH]c(=O)n(C3CCN(C(=O)OC(C)(C)C)CC3)c2c1. The molecule has 1 aromatic heterocycles. The first-order valence-electron chi connectivity index (χ1n) is 8.65. The minimum Gasteiger partial charge on any atom is -0.497 e. The summed E-state index contributed by atoms with van der Waals surface area (Å²) in [5.74, 6) is -0.171. The molecule has 142 valence electrons. The van der Waals surface area contributed by atoms with Crippen molar-refractivity contribution < 1.29 is 18.7 Å². The number of methoxy groups -OCH3 is 1. The minimum atomic E-state index is -0.546. The number of imidazole rings is 1. The second-order valence-corrected chi connectivity index (χ2v) is 7.50. The molecule has 0 unspecified atom stereocenters. The highest BCUT2D eigenvalue weighted by Crippen LogP contribution is 2.29. The van der Waals surface area contributed by atoms with Crippen LogP contribution in [0.1, 0.15) is 39.7 Å². The highest BCUT2D eigenvalue weighted by Gasteiger charge is 2.29. The number of piperidine rings is 1. The van der Waals surface area contributed by atoms with Crippen molar-refractivity contribution in [1.82, 2.24) is 14.5 Å². The van der Waals surface area contributed by atoms with Crippen molar-refractivity contribution in [2.45, 2.75) is 45.3 Å². The Morgan fingerprint density at radius 2 is 1.92 bits per heavy atom. The number of ether oxygens (including phenoxy) is 2. The first kappa shape index (κ1) is 18.3. The zero-order chi connectivity index (χ0) is 19.1. The molecule has 0 aliphatic carbocycles. The number of benzene rings is 1. The van der Waals surface area contributed by atoms with E-state index in [1.165, 1.54) is 13.2 Å². The number of halogens is 1. The number of nitrogens with zero attached hydrogens (tertiary/aromatic N) is 2. The van der Waals surface area contributed by atoms with Gasteiger partial charge >= 0.3 is 11.8 Å². The maximum absolute atomic E-state index is 14.2. The molecule has 0 bridgehead atoms. The van der Waals surface area contributed by atoms with E-state index in [4.69, 9.17) is 9.47 Å². The van der Waals surface area contributed by atoms with Gasteiger partial charge in [0.2, 0.25) is 0 Å². The molecule has 0 saturated carbocycles. The molecule has 0 radical (unpaired) electrons. The number of nitrogens with one attached hydrogen (secondary N) is 1. The molecule has 8 heteroatoms. The third-order valence-corrected chi connectivity index (χ3v) is 4.47. The number of aromatic nitrogens is 2. The van der Waals surface area contributed by atoms with E-state index in [-0.39, 0.29) is 23.3 Å². The smallest absolute Gasteiger partial charge is 0.410 e. The predicted molar refractivity (Wildman–Crippen MR) is 95.1 cm³/mol. The van der Waals surface area contributed by atoms with Crippen LogP contribution in [0.3, 0.4) is 0 Å². The summed E-state index contributed by atoms with van der Waals surface area (Å²) in [6, 6.07) is 2.77. The minimum absolute atomic E-state index is 0.124. The molecule has 2 heterocycles. The van der Waals surface area contributed by atoms with Crippen LogP contribution < -0.4 is 10.4 Å². The summed E-state index contributed by atoms with van der Waals surface area (Å²) in [6.07, 6.45) is 0.825. The summed E-state index contributed by atoms with van der Waals surface area (Å²) in [5.41, 5.74) is -0.258. The first-order chi connectivity index (χ1) is 12.2. The fourth-order valence-corrected chi connectivity index (χ4v) is 3.27. The van der Waals surface area contributed by atoms with Crippen LogP contribution in [0.5, 0.6) is 5.75 Å². The maximum atomic E-state index is 14.2. The lowest BCUT2D eigenvalue weighted by molar-refractivity contribution is 0.0189. The average molecular weight is 365 g/mol. The lowest BCUT2D eigenvalue weighted by atomic mass is 10.0. The van der Waals surface area contributed by atoms with Gasteiger partial charge in [0.1, 0.15) is 16.9 Å². The van der Waals surface area contributed by atoms with Gasteiger partial charge in [-0.15, -0.1) is 0 Å². The van der Waals surface area contributed by atoms with Gasteiger partial charge in [0.25, 0.3) is 0 Å². The zero-order valence-electron chi connectivity index (χ0n) is 15.5. The Hall–Kier alpha value is -2.51. The molecule has 1 N–H and O–H groups in total. The van der Waals surface area contributed by atoms with Gasteiger partial charge in [-0.25, -0.2) is 14.0 Å². The number of aromatic amines is 1. The topological polar surface area (TPSA) is 76.6 Å². The Balaban J connectivity index is 1.82. The van der Waals surface area contributed by atoms with Gasteiger partial charge in [0.05, 0.1) is 12.6 Å². The Bertz CT molecular complexity index is 873. The maximum Gasteiger partial charge on any atom is 0.410 e. The predicted octanol–water partition coefficient (Wildman–Crippen LogP) is 3.05. The normalized spacial score (nSPS) is 16.1. The van der Waals surface area contributed by atoms with Crippen LogP contribution in [0.25, 0.3) is 11.0 Å². The molecule has 1 amide bonds. The van der Waals surface area contributed by atoms with E-state index >= 15 is 0 Å². The highest BCUT2D eigenvalue weighted by atomic mass is 19.1. The number of carbonyl (C=O) groups excluding carboxylic acids is 1. The first-order valence-corrected chi connectivity index (χ1v) is 8.65. The Morgan fingerprint density at radius 1 is 1.27 bits per heavy atom. The summed E-state index contributed by atoms with van der Waals surface area (Å²) in [6.45, 7) is 6.43. The van der Waals surface area contributed by atoms with Crippen molar-refractivity contribution in [3.05, 3.63) is 28.4 Å². The molecular weight excluding hydrogens is 341 g/mol. The standard InChI is InChI=1S/C18H24FN3O4/c1-18(2,3)26-17(24)21-7-5-11(6-8-21)22-14-10-12(25-4)9-13(19)15(14)20-16(22)23/h9-11H,5-8H2,1-4H3,(H,20,23). The summed E-state index contributed by atoms with van der Waals surface area (Å²) in [7, 11) is 1.45. The van der Waals surface area contributed by atoms with E-state index in [1.807, 2.05) is 20.8 Å². The third-order valence-electron chi connectivity index (χ3n) is 4.47. The molecule has 3 rings (SSSR count). The molecular formula is C18H24FN3O4. The van der Waals surface area contributed by atoms with Gasteiger partial charge in [-0.1, -0.05) is 0 Å². The molecule has 26 heavy (non-hydrogen) atoms. The van der Waals surface area contributed by atoms with Gasteiger partial charge in [0.15, 0.2) is 5.82 Å². The zero-order valence-corrected chi connectivity index (χ0v) is 15.5. The number of rotatable bonds is 2. The van der Waals surface area contributed by atoms with E-state index in [2.05, 4.69) is 4.98 Å². The average Bonchev–Trinajstić information content (AvgIpc) is 2.90. The van der Waals surface area contributed by atoms with Gasteiger partial charge < -0.3 is 19.4 Å². The van der Waals surface area contributed by atoms with E-state index < -0.39 is 11.4 Å². The van der Waals surface area contributed by atoms with Gasteiger partial charge in [0, 0.05) is 31.3 Å². The van der Waals surface area contributed by atoms with E-state index in [9.17, 15) is 14.0 Å². The fourth-order valence-electron chi connectivity index (χ4n) is 3.27. The molecule has 1 fully saturated rings. The highest BCUT2D eigenvalue weighted by molar-refractivity contribution is 5.78. The van der Waals surface area contributed by atoms with Crippen molar-refractivity contribution in [3.8, 4) is 5.75 Å². The molecule has 7 nitrogen and oxygen atoms in total. The Morgan fingerprint density at radius 3 is 2.50 bits per heavy atom. The Kier molecular flexibility index (Phi) is 4.68. The quantitative estimate of drug-likeness (QED) is 0.887. The van der Waals surface area contributed by atoms with Crippen molar-refractivity contribution in [2.24, 2.45) is 0 Å². The number of amides is 1. The second kappa shape index (κ2) is 6.66. The van der Waals surface area contributed by atoms with Gasteiger partial charge in [-0.05, 0) is 33.6 Å². The monoisotopic (exact) mass is 365 g/mol. The van der Waals surface area contributed by atoms with Crippen LogP contribution >= 0.6 is 0 Å².